The van der Waals surface area contributed by atoms with Crippen LogP contribution in [0, 0.1) is 5.82 Å². The van der Waals surface area contributed by atoms with E-state index in [1.54, 1.807) is 0 Å². The Morgan fingerprint density at radius 1 is 1.10 bits per heavy atom. The molecule has 4 nitrogen and oxygen atoms in total. The lowest BCUT2D eigenvalue weighted by atomic mass is 10.0. The minimum atomic E-state index is -0.439. The Labute approximate surface area is 113 Å². The van der Waals surface area contributed by atoms with Crippen LogP contribution < -0.4 is 5.32 Å². The molecule has 0 fully saturated rings. The number of carbonyl (C=O) groups excluding carboxylic acids is 1. The molecule has 3 rings (SSSR count). The molecule has 5 heteroatoms. The maximum absolute atomic E-state index is 13.1. The fraction of sp³-hybridized carbons (Fsp3) is 0. The molecule has 0 bridgehead atoms. The molecule has 0 saturated carbocycles. The topological polar surface area (TPSA) is 69.6 Å². The molecule has 100 valence electrons. The van der Waals surface area contributed by atoms with Gasteiger partial charge < -0.3 is 15.5 Å². The third-order valence-electron chi connectivity index (χ3n) is 3.08. The van der Waals surface area contributed by atoms with Crippen LogP contribution in [-0.4, -0.2) is 16.1 Å². The van der Waals surface area contributed by atoms with Gasteiger partial charge in [0.1, 0.15) is 17.3 Å². The number of aromatic hydroxyl groups is 2. The van der Waals surface area contributed by atoms with Crippen molar-refractivity contribution in [3.8, 4) is 11.5 Å². The summed E-state index contributed by atoms with van der Waals surface area (Å²) in [5, 5.41) is 21.7. The smallest absolute Gasteiger partial charge is 0.256 e. The number of benzene rings is 2. The van der Waals surface area contributed by atoms with Crippen LogP contribution in [0.4, 0.5) is 10.1 Å². The molecule has 1 aliphatic heterocycles. The van der Waals surface area contributed by atoms with E-state index < -0.39 is 5.82 Å². The van der Waals surface area contributed by atoms with Crippen molar-refractivity contribution >= 4 is 23.2 Å². The van der Waals surface area contributed by atoms with Crippen LogP contribution in [0.2, 0.25) is 0 Å². The van der Waals surface area contributed by atoms with Crippen LogP contribution >= 0.6 is 0 Å². The van der Waals surface area contributed by atoms with Gasteiger partial charge in [0.05, 0.1) is 5.69 Å². The number of halogens is 1. The van der Waals surface area contributed by atoms with Gasteiger partial charge in [-0.3, -0.25) is 4.79 Å². The van der Waals surface area contributed by atoms with Crippen LogP contribution in [0.1, 0.15) is 11.1 Å². The van der Waals surface area contributed by atoms with E-state index in [-0.39, 0.29) is 17.4 Å². The van der Waals surface area contributed by atoms with Crippen molar-refractivity contribution in [3.63, 3.8) is 0 Å². The van der Waals surface area contributed by atoms with E-state index >= 15 is 0 Å². The van der Waals surface area contributed by atoms with Crippen LogP contribution in [-0.2, 0) is 4.79 Å². The summed E-state index contributed by atoms with van der Waals surface area (Å²) in [6, 6.07) is 8.01. The molecule has 0 spiro atoms. The van der Waals surface area contributed by atoms with E-state index in [9.17, 15) is 19.4 Å². The Hall–Kier alpha value is -2.82. The number of fused-ring (bicyclic) bond motifs is 1. The van der Waals surface area contributed by atoms with Crippen molar-refractivity contribution in [1.82, 2.24) is 0 Å². The average molecular weight is 271 g/mol. The van der Waals surface area contributed by atoms with E-state index in [0.29, 0.717) is 22.4 Å². The highest BCUT2D eigenvalue weighted by molar-refractivity contribution is 6.35. The van der Waals surface area contributed by atoms with Crippen LogP contribution in [0.25, 0.3) is 11.6 Å². The normalized spacial score (nSPS) is 15.2. The Kier molecular flexibility index (Phi) is 2.68. The quantitative estimate of drug-likeness (QED) is 0.551. The van der Waals surface area contributed by atoms with Crippen molar-refractivity contribution < 1.29 is 19.4 Å². The van der Waals surface area contributed by atoms with Gasteiger partial charge >= 0.3 is 0 Å². The lowest BCUT2D eigenvalue weighted by Gasteiger charge is -2.02. The zero-order valence-electron chi connectivity index (χ0n) is 10.2. The molecule has 0 aliphatic carbocycles. The van der Waals surface area contributed by atoms with Crippen LogP contribution in [0.3, 0.4) is 0 Å². The summed E-state index contributed by atoms with van der Waals surface area (Å²) in [5.74, 6) is -0.898. The second-order valence-electron chi connectivity index (χ2n) is 4.45. The number of phenols is 2. The van der Waals surface area contributed by atoms with Gasteiger partial charge in [-0.25, -0.2) is 4.39 Å². The fourth-order valence-corrected chi connectivity index (χ4v) is 2.12. The third-order valence-corrected chi connectivity index (χ3v) is 3.08. The minimum absolute atomic E-state index is 0.0209. The highest BCUT2D eigenvalue weighted by Gasteiger charge is 2.24. The zero-order valence-corrected chi connectivity index (χ0v) is 10.2. The molecule has 0 atom stereocenters. The van der Waals surface area contributed by atoms with Gasteiger partial charge in [0.25, 0.3) is 5.91 Å². The number of hydrogen-bond acceptors (Lipinski definition) is 3. The maximum atomic E-state index is 13.1. The SMILES string of the molecule is O=C1Nc2cc(F)ccc2/C1=C\c1cc(O)ccc1O. The Morgan fingerprint density at radius 3 is 2.70 bits per heavy atom. The van der Waals surface area contributed by atoms with Crippen molar-refractivity contribution in [3.05, 3.63) is 53.3 Å². The van der Waals surface area contributed by atoms with Crippen molar-refractivity contribution in [2.75, 3.05) is 5.32 Å². The molecule has 1 heterocycles. The predicted molar refractivity (Wildman–Crippen MR) is 72.7 cm³/mol. The summed E-state index contributed by atoms with van der Waals surface area (Å²) in [5.41, 5.74) is 1.56. The number of carbonyl (C=O) groups is 1. The van der Waals surface area contributed by atoms with Crippen LogP contribution in [0.15, 0.2) is 36.4 Å². The summed E-state index contributed by atoms with van der Waals surface area (Å²) in [6.45, 7) is 0. The fourth-order valence-electron chi connectivity index (χ4n) is 2.12. The van der Waals surface area contributed by atoms with Crippen LogP contribution in [0.5, 0.6) is 11.5 Å². The summed E-state index contributed by atoms with van der Waals surface area (Å²) in [7, 11) is 0. The van der Waals surface area contributed by atoms with Gasteiger partial charge in [-0.2, -0.15) is 0 Å². The van der Waals surface area contributed by atoms with E-state index in [1.807, 2.05) is 0 Å². The molecule has 20 heavy (non-hydrogen) atoms. The number of phenolic OH excluding ortho intramolecular Hbond substituents is 2. The van der Waals surface area contributed by atoms with Gasteiger partial charge in [-0.15, -0.1) is 0 Å². The predicted octanol–water partition coefficient (Wildman–Crippen LogP) is 2.73. The number of rotatable bonds is 1. The second kappa shape index (κ2) is 4.38. The summed E-state index contributed by atoms with van der Waals surface area (Å²) < 4.78 is 13.1. The van der Waals surface area contributed by atoms with Gasteiger partial charge in [-0.05, 0) is 42.5 Å². The number of hydrogen-bond donors (Lipinski definition) is 3. The summed E-state index contributed by atoms with van der Waals surface area (Å²) in [4.78, 5) is 11.9. The van der Waals surface area contributed by atoms with Gasteiger partial charge in [-0.1, -0.05) is 0 Å². The zero-order chi connectivity index (χ0) is 14.3. The second-order valence-corrected chi connectivity index (χ2v) is 4.45. The first kappa shape index (κ1) is 12.2. The molecule has 0 unspecified atom stereocenters. The lowest BCUT2D eigenvalue weighted by molar-refractivity contribution is -0.110. The monoisotopic (exact) mass is 271 g/mol. The molecule has 1 aliphatic rings. The minimum Gasteiger partial charge on any atom is -0.508 e. The molecule has 2 aromatic rings. The largest absolute Gasteiger partial charge is 0.508 e. The Bertz CT molecular complexity index is 753. The van der Waals surface area contributed by atoms with Crippen molar-refractivity contribution in [1.29, 1.82) is 0 Å². The van der Waals surface area contributed by atoms with Gasteiger partial charge in [0, 0.05) is 16.7 Å². The summed E-state index contributed by atoms with van der Waals surface area (Å²) in [6.07, 6.45) is 1.45. The average Bonchev–Trinajstić information content (AvgIpc) is 2.69. The molecule has 2 aromatic carbocycles. The van der Waals surface area contributed by atoms with Crippen molar-refractivity contribution in [2.24, 2.45) is 0 Å². The van der Waals surface area contributed by atoms with E-state index in [1.165, 1.54) is 42.5 Å². The number of nitrogens with one attached hydrogen (secondary N) is 1. The molecule has 1 amide bonds. The lowest BCUT2D eigenvalue weighted by Crippen LogP contribution is -2.03. The Morgan fingerprint density at radius 2 is 1.90 bits per heavy atom. The molecular formula is C15H10FNO3. The number of amides is 1. The first-order valence-electron chi connectivity index (χ1n) is 5.89. The molecule has 0 saturated heterocycles. The molecule has 3 N–H and O–H groups in total. The van der Waals surface area contributed by atoms with E-state index in [4.69, 9.17) is 0 Å². The highest BCUT2D eigenvalue weighted by atomic mass is 19.1. The first-order chi connectivity index (χ1) is 9.54. The number of anilines is 1. The summed E-state index contributed by atoms with van der Waals surface area (Å²) >= 11 is 0. The third kappa shape index (κ3) is 1.99. The Balaban J connectivity index is 2.13. The first-order valence-corrected chi connectivity index (χ1v) is 5.89. The molecule has 0 aromatic heterocycles. The standard InChI is InChI=1S/C15H10FNO3/c16-9-1-3-11-12(15(20)17-13(11)7-9)6-8-5-10(18)2-4-14(8)19/h1-7,18-19H,(H,17,20)/b12-6+. The maximum Gasteiger partial charge on any atom is 0.256 e. The van der Waals surface area contributed by atoms with Gasteiger partial charge in [0.15, 0.2) is 0 Å². The van der Waals surface area contributed by atoms with Crippen molar-refractivity contribution in [2.45, 2.75) is 0 Å². The van der Waals surface area contributed by atoms with E-state index in [0.717, 1.165) is 0 Å². The molecular weight excluding hydrogens is 261 g/mol. The highest BCUT2D eigenvalue weighted by Crippen LogP contribution is 2.35. The van der Waals surface area contributed by atoms with Gasteiger partial charge in [0.2, 0.25) is 0 Å². The van der Waals surface area contributed by atoms with E-state index in [2.05, 4.69) is 5.32 Å². The molecule has 0 radical (unpaired) electrons.